The van der Waals surface area contributed by atoms with Crippen LogP contribution in [0.2, 0.25) is 0 Å². The normalized spacial score (nSPS) is 9.91. The Morgan fingerprint density at radius 3 is 2.73 bits per heavy atom. The van der Waals surface area contributed by atoms with E-state index < -0.39 is 0 Å². The van der Waals surface area contributed by atoms with Gasteiger partial charge in [-0.3, -0.25) is 0 Å². The van der Waals surface area contributed by atoms with Crippen molar-refractivity contribution in [2.45, 2.75) is 6.92 Å². The molecular weight excluding hydrogens is 131 g/mol. The van der Waals surface area contributed by atoms with Crippen molar-refractivity contribution in [1.29, 1.82) is 0 Å². The van der Waals surface area contributed by atoms with Gasteiger partial charge in [0.2, 0.25) is 0 Å². The molecule has 1 heterocycles. The zero-order valence-corrected chi connectivity index (χ0v) is 6.54. The molecule has 1 heteroatoms. The van der Waals surface area contributed by atoms with E-state index in [1.807, 2.05) is 0 Å². The number of benzene rings is 1. The zero-order valence-electron chi connectivity index (χ0n) is 6.54. The van der Waals surface area contributed by atoms with Gasteiger partial charge in [-0.1, -0.05) is 0 Å². The average molecular weight is 140 g/mol. The molecule has 0 saturated carbocycles. The first kappa shape index (κ1) is 6.60. The molecule has 0 unspecified atom stereocenters. The van der Waals surface area contributed by atoms with Crippen LogP contribution in [0, 0.1) is 6.92 Å². The van der Waals surface area contributed by atoms with Gasteiger partial charge in [-0.05, 0) is 0 Å². The molecule has 0 N–H and O–H groups in total. The first-order chi connectivity index (χ1) is 5.38. The van der Waals surface area contributed by atoms with Gasteiger partial charge in [0.25, 0.3) is 0 Å². The quantitative estimate of drug-likeness (QED) is 0.527. The summed E-state index contributed by atoms with van der Waals surface area (Å²) in [6, 6.07) is 10.6. The first-order valence-electron chi connectivity index (χ1n) is 3.82. The van der Waals surface area contributed by atoms with E-state index in [0.717, 1.165) is 0 Å². The molecule has 0 saturated heterocycles. The minimum atomic E-state index is 1.33. The van der Waals surface area contributed by atoms with Crippen molar-refractivity contribution in [2.24, 2.45) is 0 Å². The minimum absolute atomic E-state index is 1.33. The SMILES string of the molecule is Cc1bccc2ccccc12. The third-order valence-electron chi connectivity index (χ3n) is 2.01. The molecule has 0 bridgehead atoms. The topological polar surface area (TPSA) is 0 Å². The molecule has 0 amide bonds. The Morgan fingerprint density at radius 2 is 1.91 bits per heavy atom. The second-order valence-electron chi connectivity index (χ2n) is 2.80. The summed E-state index contributed by atoms with van der Waals surface area (Å²) in [5.74, 6) is 2.09. The Labute approximate surface area is 67.1 Å². The van der Waals surface area contributed by atoms with E-state index in [1.54, 1.807) is 0 Å². The van der Waals surface area contributed by atoms with Crippen molar-refractivity contribution in [1.82, 2.24) is 0 Å². The van der Waals surface area contributed by atoms with Gasteiger partial charge in [0, 0.05) is 0 Å². The van der Waals surface area contributed by atoms with Crippen LogP contribution in [-0.4, -0.2) is 6.91 Å². The van der Waals surface area contributed by atoms with E-state index in [2.05, 4.69) is 50.1 Å². The predicted octanol–water partition coefficient (Wildman–Crippen LogP) is 2.49. The third-order valence-corrected chi connectivity index (χ3v) is 2.01. The molecule has 2 rings (SSSR count). The first-order valence-corrected chi connectivity index (χ1v) is 3.82. The Kier molecular flexibility index (Phi) is 1.50. The Balaban J connectivity index is 2.91. The van der Waals surface area contributed by atoms with Gasteiger partial charge in [-0.15, -0.1) is 0 Å². The molecule has 0 nitrogen and oxygen atoms in total. The number of aryl methyl sites for hydroxylation is 1. The molecule has 52 valence electrons. The van der Waals surface area contributed by atoms with Crippen LogP contribution in [-0.2, 0) is 0 Å². The van der Waals surface area contributed by atoms with Crippen LogP contribution in [0.5, 0.6) is 0 Å². The van der Waals surface area contributed by atoms with E-state index >= 15 is 0 Å². The van der Waals surface area contributed by atoms with E-state index in [9.17, 15) is 0 Å². The van der Waals surface area contributed by atoms with Crippen LogP contribution >= 0.6 is 0 Å². The molecule has 0 aliphatic carbocycles. The summed E-state index contributed by atoms with van der Waals surface area (Å²) in [6.45, 7) is 4.28. The number of rotatable bonds is 0. The van der Waals surface area contributed by atoms with Crippen LogP contribution < -0.4 is 0 Å². The fourth-order valence-electron chi connectivity index (χ4n) is 1.39. The van der Waals surface area contributed by atoms with Gasteiger partial charge in [0.05, 0.1) is 0 Å². The molecule has 1 aromatic carbocycles. The fraction of sp³-hybridized carbons (Fsp3) is 0.100. The van der Waals surface area contributed by atoms with E-state index in [-0.39, 0.29) is 0 Å². The standard InChI is InChI=1S/C10H9B/c1-8-10-5-3-2-4-9(10)6-7-11-8/h2-7H,1H3. The molecular formula is C10H9B. The summed E-state index contributed by atoms with van der Waals surface area (Å²) < 4.78 is 0. The molecule has 11 heavy (non-hydrogen) atoms. The predicted molar refractivity (Wildman–Crippen MR) is 50.0 cm³/mol. The Hall–Kier alpha value is -1.11. The number of hydrogen-bond donors (Lipinski definition) is 0. The van der Waals surface area contributed by atoms with Gasteiger partial charge in [0.1, 0.15) is 0 Å². The van der Waals surface area contributed by atoms with Crippen molar-refractivity contribution in [3.05, 3.63) is 41.8 Å². The van der Waals surface area contributed by atoms with Crippen LogP contribution in [0.15, 0.2) is 36.3 Å². The summed E-state index contributed by atoms with van der Waals surface area (Å²) in [5, 5.41) is 2.68. The maximum absolute atomic E-state index is 2.16. The summed E-state index contributed by atoms with van der Waals surface area (Å²) >= 11 is 0. The maximum atomic E-state index is 2.16. The summed E-state index contributed by atoms with van der Waals surface area (Å²) in [6.07, 6.45) is 0. The second kappa shape index (κ2) is 2.50. The van der Waals surface area contributed by atoms with Crippen molar-refractivity contribution in [3.63, 3.8) is 0 Å². The summed E-state index contributed by atoms with van der Waals surface area (Å²) in [4.78, 5) is 0. The average Bonchev–Trinajstić information content (AvgIpc) is 2.06. The van der Waals surface area contributed by atoms with E-state index in [0.29, 0.717) is 0 Å². The Morgan fingerprint density at radius 1 is 1.09 bits per heavy atom. The van der Waals surface area contributed by atoms with Gasteiger partial charge < -0.3 is 0 Å². The van der Waals surface area contributed by atoms with Crippen molar-refractivity contribution in [2.75, 3.05) is 0 Å². The number of hydrogen-bond acceptors (Lipinski definition) is 0. The van der Waals surface area contributed by atoms with Gasteiger partial charge >= 0.3 is 66.4 Å². The monoisotopic (exact) mass is 140 g/mol. The summed E-state index contributed by atoms with van der Waals surface area (Å²) in [7, 11) is 0. The molecule has 2 aromatic rings. The van der Waals surface area contributed by atoms with Gasteiger partial charge in [-0.25, -0.2) is 0 Å². The Bertz CT molecular complexity index is 374. The van der Waals surface area contributed by atoms with Crippen LogP contribution in [0.3, 0.4) is 0 Å². The molecule has 0 atom stereocenters. The van der Waals surface area contributed by atoms with E-state index in [1.165, 1.54) is 16.2 Å². The fourth-order valence-corrected chi connectivity index (χ4v) is 1.39. The van der Waals surface area contributed by atoms with Crippen LogP contribution in [0.4, 0.5) is 0 Å². The summed E-state index contributed by atoms with van der Waals surface area (Å²) in [5.41, 5.74) is 1.35. The van der Waals surface area contributed by atoms with E-state index in [4.69, 9.17) is 0 Å². The third kappa shape index (κ3) is 1.07. The molecule has 0 radical (unpaired) electrons. The number of fused-ring (bicyclic) bond motifs is 1. The molecule has 0 spiro atoms. The van der Waals surface area contributed by atoms with Gasteiger partial charge in [-0.2, -0.15) is 0 Å². The van der Waals surface area contributed by atoms with Crippen molar-refractivity contribution < 1.29 is 0 Å². The van der Waals surface area contributed by atoms with Crippen molar-refractivity contribution in [3.8, 4) is 0 Å². The molecule has 0 fully saturated rings. The molecule has 1 aromatic heterocycles. The molecule has 0 aliphatic heterocycles. The second-order valence-corrected chi connectivity index (χ2v) is 2.80. The van der Waals surface area contributed by atoms with Crippen LogP contribution in [0.25, 0.3) is 10.8 Å². The zero-order chi connectivity index (χ0) is 7.68. The van der Waals surface area contributed by atoms with Gasteiger partial charge in [0.15, 0.2) is 0 Å². The van der Waals surface area contributed by atoms with Crippen molar-refractivity contribution >= 4 is 17.7 Å². The molecule has 0 aliphatic rings. The van der Waals surface area contributed by atoms with Crippen LogP contribution in [0.1, 0.15) is 5.46 Å².